The van der Waals surface area contributed by atoms with Crippen molar-refractivity contribution < 1.29 is 14.3 Å². The monoisotopic (exact) mass is 594 g/mol. The van der Waals surface area contributed by atoms with Crippen molar-refractivity contribution in [1.29, 1.82) is 0 Å². The summed E-state index contributed by atoms with van der Waals surface area (Å²) in [5.74, 6) is 0.955. The molecule has 6 rings (SSSR count). The number of carbonyl (C=O) groups is 1. The Balaban J connectivity index is 1.23. The predicted molar refractivity (Wildman–Crippen MR) is 164 cm³/mol. The Morgan fingerprint density at radius 1 is 1.00 bits per heavy atom. The van der Waals surface area contributed by atoms with E-state index in [2.05, 4.69) is 30.2 Å². The number of nitrogens with one attached hydrogen (secondary N) is 1. The van der Waals surface area contributed by atoms with Gasteiger partial charge in [0.1, 0.15) is 34.2 Å². The summed E-state index contributed by atoms with van der Waals surface area (Å²) in [5, 5.41) is 2.77. The summed E-state index contributed by atoms with van der Waals surface area (Å²) in [4.78, 5) is 51.2. The third-order valence-corrected chi connectivity index (χ3v) is 7.36. The number of aromatic nitrogens is 7. The molecule has 5 aromatic rings. The van der Waals surface area contributed by atoms with Crippen LogP contribution in [-0.2, 0) is 11.8 Å². The molecule has 1 aliphatic rings. The Bertz CT molecular complexity index is 1900. The van der Waals surface area contributed by atoms with Gasteiger partial charge in [-0.05, 0) is 31.2 Å². The van der Waals surface area contributed by atoms with Crippen LogP contribution >= 0.6 is 0 Å². The lowest BCUT2D eigenvalue weighted by Crippen LogP contribution is -2.36. The van der Waals surface area contributed by atoms with Crippen LogP contribution in [0.4, 0.5) is 17.3 Å². The first-order valence-corrected chi connectivity index (χ1v) is 13.8. The largest absolute Gasteiger partial charge is 0.497 e. The fraction of sp³-hybridized carbons (Fsp3) is 0.233. The molecular formula is C30H30N10O4. The summed E-state index contributed by atoms with van der Waals surface area (Å²) in [6.45, 7) is 4.43. The molecule has 5 heterocycles. The van der Waals surface area contributed by atoms with Crippen LogP contribution in [0, 0.1) is 6.92 Å². The topological polar surface area (TPSA) is 168 Å². The fourth-order valence-electron chi connectivity index (χ4n) is 4.94. The van der Waals surface area contributed by atoms with E-state index in [0.29, 0.717) is 58.8 Å². The Hall–Kier alpha value is -5.63. The summed E-state index contributed by atoms with van der Waals surface area (Å²) in [5.41, 5.74) is 9.03. The standard InChI is InChI=1S/C30H30N10O4/c1-18-26(30(42)40(38(18)2)20-5-4-6-21(13-20)43-3)29(41)35-19-7-8-22(33-14-19)27-28(31)34-16-24(37-27)23-15-32-17-25(36-23)39-9-11-44-12-10-39/h4-8,13-17H,9-12H2,1-3H3,(H2,31,34)(H,35,41). The van der Waals surface area contributed by atoms with Gasteiger partial charge in [-0.25, -0.2) is 19.6 Å². The van der Waals surface area contributed by atoms with E-state index in [0.717, 1.165) is 18.9 Å². The molecule has 1 aromatic carbocycles. The van der Waals surface area contributed by atoms with Gasteiger partial charge in [0.05, 0.1) is 67.9 Å². The van der Waals surface area contributed by atoms with Gasteiger partial charge in [-0.1, -0.05) is 6.07 Å². The first-order chi connectivity index (χ1) is 21.3. The number of pyridine rings is 1. The minimum absolute atomic E-state index is 0.0163. The van der Waals surface area contributed by atoms with Crippen LogP contribution in [-0.4, -0.2) is 73.6 Å². The van der Waals surface area contributed by atoms with E-state index in [-0.39, 0.29) is 11.4 Å². The number of amides is 1. The molecule has 0 spiro atoms. The van der Waals surface area contributed by atoms with Crippen LogP contribution in [0.5, 0.6) is 5.75 Å². The van der Waals surface area contributed by atoms with Crippen molar-refractivity contribution in [3.8, 4) is 34.2 Å². The highest BCUT2D eigenvalue weighted by molar-refractivity contribution is 6.05. The second-order valence-corrected chi connectivity index (χ2v) is 10.0. The van der Waals surface area contributed by atoms with Gasteiger partial charge in [0.25, 0.3) is 11.5 Å². The SMILES string of the molecule is COc1cccc(-n2c(=O)c(C(=O)Nc3ccc(-c4nc(-c5cncc(N6CCOCC6)n5)cnc4N)nc3)c(C)n2C)c1. The second-order valence-electron chi connectivity index (χ2n) is 10.0. The maximum absolute atomic E-state index is 13.4. The Kier molecular flexibility index (Phi) is 7.72. The van der Waals surface area contributed by atoms with Crippen LogP contribution in [0.2, 0.25) is 0 Å². The summed E-state index contributed by atoms with van der Waals surface area (Å²) in [6.07, 6.45) is 6.34. The van der Waals surface area contributed by atoms with E-state index in [9.17, 15) is 9.59 Å². The number of benzene rings is 1. The van der Waals surface area contributed by atoms with Crippen LogP contribution < -0.4 is 26.2 Å². The van der Waals surface area contributed by atoms with Crippen molar-refractivity contribution in [2.75, 3.05) is 49.4 Å². The number of nitrogens with zero attached hydrogens (tertiary/aromatic N) is 8. The molecule has 1 aliphatic heterocycles. The number of hydrogen-bond acceptors (Lipinski definition) is 11. The van der Waals surface area contributed by atoms with Gasteiger partial charge >= 0.3 is 0 Å². The lowest BCUT2D eigenvalue weighted by atomic mass is 10.2. The third-order valence-electron chi connectivity index (χ3n) is 7.36. The molecule has 1 amide bonds. The molecule has 14 heteroatoms. The molecule has 44 heavy (non-hydrogen) atoms. The molecule has 0 unspecified atom stereocenters. The number of hydrogen-bond donors (Lipinski definition) is 2. The van der Waals surface area contributed by atoms with Crippen molar-refractivity contribution in [3.05, 3.63) is 82.8 Å². The molecule has 3 N–H and O–H groups in total. The number of carbonyl (C=O) groups excluding carboxylic acids is 1. The smallest absolute Gasteiger partial charge is 0.284 e. The van der Waals surface area contributed by atoms with Gasteiger partial charge in [0, 0.05) is 26.2 Å². The number of anilines is 3. The minimum atomic E-state index is -0.556. The van der Waals surface area contributed by atoms with Crippen LogP contribution in [0.3, 0.4) is 0 Å². The summed E-state index contributed by atoms with van der Waals surface area (Å²) >= 11 is 0. The molecule has 0 bridgehead atoms. The number of methoxy groups -OCH3 is 1. The van der Waals surface area contributed by atoms with E-state index >= 15 is 0 Å². The van der Waals surface area contributed by atoms with Gasteiger partial charge in [-0.3, -0.25) is 24.2 Å². The first-order valence-electron chi connectivity index (χ1n) is 13.8. The van der Waals surface area contributed by atoms with E-state index in [1.165, 1.54) is 10.9 Å². The lowest BCUT2D eigenvalue weighted by molar-refractivity contribution is 0.102. The molecular weight excluding hydrogens is 564 g/mol. The first kappa shape index (κ1) is 28.5. The molecule has 4 aromatic heterocycles. The minimum Gasteiger partial charge on any atom is -0.497 e. The fourth-order valence-corrected chi connectivity index (χ4v) is 4.94. The predicted octanol–water partition coefficient (Wildman–Crippen LogP) is 2.47. The average Bonchev–Trinajstić information content (AvgIpc) is 3.29. The summed E-state index contributed by atoms with van der Waals surface area (Å²) in [6, 6.07) is 10.4. The summed E-state index contributed by atoms with van der Waals surface area (Å²) < 4.78 is 13.8. The molecule has 0 atom stereocenters. The highest BCUT2D eigenvalue weighted by Gasteiger charge is 2.23. The molecule has 0 saturated carbocycles. The van der Waals surface area contributed by atoms with E-state index in [1.54, 1.807) is 80.8 Å². The molecule has 0 aliphatic carbocycles. The lowest BCUT2D eigenvalue weighted by Gasteiger charge is -2.27. The normalized spacial score (nSPS) is 13.1. The highest BCUT2D eigenvalue weighted by Crippen LogP contribution is 2.26. The quantitative estimate of drug-likeness (QED) is 0.284. The third kappa shape index (κ3) is 5.45. The molecule has 1 saturated heterocycles. The van der Waals surface area contributed by atoms with Gasteiger partial charge < -0.3 is 25.4 Å². The van der Waals surface area contributed by atoms with E-state index < -0.39 is 11.5 Å². The molecule has 1 fully saturated rings. The van der Waals surface area contributed by atoms with E-state index in [1.807, 2.05) is 0 Å². The van der Waals surface area contributed by atoms with Gasteiger partial charge in [-0.15, -0.1) is 0 Å². The summed E-state index contributed by atoms with van der Waals surface area (Å²) in [7, 11) is 3.27. The maximum atomic E-state index is 13.4. The van der Waals surface area contributed by atoms with Crippen molar-refractivity contribution in [2.45, 2.75) is 6.92 Å². The maximum Gasteiger partial charge on any atom is 0.284 e. The zero-order valence-electron chi connectivity index (χ0n) is 24.4. The highest BCUT2D eigenvalue weighted by atomic mass is 16.5. The number of ether oxygens (including phenoxy) is 2. The number of nitrogens with two attached hydrogens (primary N) is 1. The Labute approximate surface area is 252 Å². The van der Waals surface area contributed by atoms with Gasteiger partial charge in [-0.2, -0.15) is 0 Å². The Morgan fingerprint density at radius 3 is 2.55 bits per heavy atom. The number of nitrogen functional groups attached to an aromatic ring is 1. The number of morpholine rings is 1. The molecule has 224 valence electrons. The van der Waals surface area contributed by atoms with E-state index in [4.69, 9.17) is 20.2 Å². The van der Waals surface area contributed by atoms with Crippen molar-refractivity contribution in [2.24, 2.45) is 7.05 Å². The second kappa shape index (κ2) is 11.9. The Morgan fingerprint density at radius 2 is 1.80 bits per heavy atom. The van der Waals surface area contributed by atoms with Gasteiger partial charge in [0.2, 0.25) is 0 Å². The van der Waals surface area contributed by atoms with Crippen LogP contribution in [0.15, 0.2) is 66.0 Å². The van der Waals surface area contributed by atoms with Crippen molar-refractivity contribution in [1.82, 2.24) is 34.3 Å². The van der Waals surface area contributed by atoms with Crippen molar-refractivity contribution >= 4 is 23.2 Å². The zero-order valence-corrected chi connectivity index (χ0v) is 24.4. The van der Waals surface area contributed by atoms with Crippen molar-refractivity contribution in [3.63, 3.8) is 0 Å². The molecule has 0 radical (unpaired) electrons. The zero-order chi connectivity index (χ0) is 30.8. The average molecular weight is 595 g/mol. The van der Waals surface area contributed by atoms with Crippen LogP contribution in [0.1, 0.15) is 16.1 Å². The number of rotatable bonds is 7. The van der Waals surface area contributed by atoms with Gasteiger partial charge in [0.15, 0.2) is 5.82 Å². The molecule has 14 nitrogen and oxygen atoms in total. The van der Waals surface area contributed by atoms with Crippen LogP contribution in [0.25, 0.3) is 28.5 Å².